The molecular weight excluding hydrogens is 365 g/mol. The van der Waals surface area contributed by atoms with E-state index in [4.69, 9.17) is 4.74 Å². The lowest BCUT2D eigenvalue weighted by Crippen LogP contribution is -2.36. The summed E-state index contributed by atoms with van der Waals surface area (Å²) in [4.78, 5) is 35.4. The number of ether oxygens (including phenoxy) is 1. The molecule has 2 aromatic carbocycles. The Morgan fingerprint density at radius 2 is 1.74 bits per heavy atom. The fourth-order valence-corrected chi connectivity index (χ4v) is 2.01. The van der Waals surface area contributed by atoms with E-state index in [0.29, 0.717) is 0 Å². The molecular formula is C18H15F3N2O4. The fraction of sp³-hybridized carbons (Fsp3) is 0.167. The van der Waals surface area contributed by atoms with Crippen LogP contribution in [0.4, 0.5) is 18.9 Å². The van der Waals surface area contributed by atoms with Gasteiger partial charge in [0.25, 0.3) is 11.8 Å². The Kier molecular flexibility index (Phi) is 6.53. The topological polar surface area (TPSA) is 84.5 Å². The molecule has 2 aromatic rings. The molecule has 0 radical (unpaired) electrons. The highest BCUT2D eigenvalue weighted by Crippen LogP contribution is 2.15. The summed E-state index contributed by atoms with van der Waals surface area (Å²) in [6, 6.07) is 7.67. The number of anilines is 1. The van der Waals surface area contributed by atoms with Crippen LogP contribution >= 0.6 is 0 Å². The first kappa shape index (κ1) is 20.0. The quantitative estimate of drug-likeness (QED) is 0.754. The summed E-state index contributed by atoms with van der Waals surface area (Å²) in [6.07, 6.45) is -1.34. The second kappa shape index (κ2) is 8.84. The first-order valence-electron chi connectivity index (χ1n) is 7.76. The number of rotatable bonds is 6. The summed E-state index contributed by atoms with van der Waals surface area (Å²) >= 11 is 0. The number of hydrogen-bond donors (Lipinski definition) is 2. The van der Waals surface area contributed by atoms with Crippen LogP contribution in [0.25, 0.3) is 0 Å². The number of esters is 1. The van der Waals surface area contributed by atoms with Crippen molar-refractivity contribution in [3.05, 3.63) is 65.5 Å². The van der Waals surface area contributed by atoms with Gasteiger partial charge < -0.3 is 15.4 Å². The van der Waals surface area contributed by atoms with Gasteiger partial charge in [-0.1, -0.05) is 12.1 Å². The minimum absolute atomic E-state index is 0.252. The normalized spacial score (nSPS) is 11.4. The fourth-order valence-electron chi connectivity index (χ4n) is 2.01. The molecule has 1 unspecified atom stereocenters. The van der Waals surface area contributed by atoms with Gasteiger partial charge >= 0.3 is 5.97 Å². The zero-order valence-electron chi connectivity index (χ0n) is 14.1. The smallest absolute Gasteiger partial charge is 0.326 e. The highest BCUT2D eigenvalue weighted by molar-refractivity contribution is 5.97. The molecule has 142 valence electrons. The zero-order chi connectivity index (χ0) is 20.0. The van der Waals surface area contributed by atoms with E-state index in [1.807, 2.05) is 0 Å². The van der Waals surface area contributed by atoms with Crippen molar-refractivity contribution in [2.45, 2.75) is 13.0 Å². The Hall–Kier alpha value is -3.36. The van der Waals surface area contributed by atoms with Crippen molar-refractivity contribution < 1.29 is 32.3 Å². The molecule has 2 N–H and O–H groups in total. The van der Waals surface area contributed by atoms with Crippen molar-refractivity contribution in [1.29, 1.82) is 0 Å². The minimum atomic E-state index is -1.34. The molecule has 0 saturated heterocycles. The number of carbonyl (C=O) groups excluding carboxylic acids is 3. The van der Waals surface area contributed by atoms with Crippen molar-refractivity contribution in [2.24, 2.45) is 0 Å². The van der Waals surface area contributed by atoms with E-state index in [-0.39, 0.29) is 5.56 Å². The predicted octanol–water partition coefficient (Wildman–Crippen LogP) is 2.40. The number of amides is 2. The molecule has 0 fully saturated rings. The van der Waals surface area contributed by atoms with Gasteiger partial charge in [-0.05, 0) is 31.2 Å². The highest BCUT2D eigenvalue weighted by Gasteiger charge is 2.20. The van der Waals surface area contributed by atoms with Crippen LogP contribution in [-0.2, 0) is 14.3 Å². The maximum atomic E-state index is 13.5. The number of hydrogen-bond acceptors (Lipinski definition) is 4. The van der Waals surface area contributed by atoms with Gasteiger partial charge in [0.2, 0.25) is 0 Å². The van der Waals surface area contributed by atoms with E-state index in [1.54, 1.807) is 0 Å². The molecule has 27 heavy (non-hydrogen) atoms. The van der Waals surface area contributed by atoms with Gasteiger partial charge in [-0.15, -0.1) is 0 Å². The maximum absolute atomic E-state index is 13.5. The maximum Gasteiger partial charge on any atom is 0.326 e. The Labute approximate surface area is 152 Å². The minimum Gasteiger partial charge on any atom is -0.451 e. The molecule has 9 heteroatoms. The van der Waals surface area contributed by atoms with Crippen molar-refractivity contribution in [2.75, 3.05) is 11.9 Å². The first-order valence-corrected chi connectivity index (χ1v) is 7.76. The predicted molar refractivity (Wildman–Crippen MR) is 89.3 cm³/mol. The van der Waals surface area contributed by atoms with E-state index < -0.39 is 53.6 Å². The summed E-state index contributed by atoms with van der Waals surface area (Å²) in [7, 11) is 0. The standard InChI is InChI=1S/C18H15F3N2O4/c1-10(17(25)23-15-8-11(19)6-7-14(15)21)27-16(24)9-22-18(26)12-4-2-3-5-13(12)20/h2-8,10H,9H2,1H3,(H,22,26)(H,23,25). The number of carbonyl (C=O) groups is 3. The van der Waals surface area contributed by atoms with Crippen LogP contribution in [0.5, 0.6) is 0 Å². The second-order valence-corrected chi connectivity index (χ2v) is 5.41. The Balaban J connectivity index is 1.86. The molecule has 0 aromatic heterocycles. The third-order valence-corrected chi connectivity index (χ3v) is 3.38. The van der Waals surface area contributed by atoms with Crippen LogP contribution in [-0.4, -0.2) is 30.4 Å². The molecule has 0 heterocycles. The van der Waals surface area contributed by atoms with Gasteiger partial charge in [0.05, 0.1) is 11.3 Å². The second-order valence-electron chi connectivity index (χ2n) is 5.41. The van der Waals surface area contributed by atoms with Crippen molar-refractivity contribution in [1.82, 2.24) is 5.32 Å². The molecule has 2 amide bonds. The van der Waals surface area contributed by atoms with Gasteiger partial charge in [-0.2, -0.15) is 0 Å². The van der Waals surface area contributed by atoms with Crippen LogP contribution in [0.2, 0.25) is 0 Å². The van der Waals surface area contributed by atoms with E-state index in [1.165, 1.54) is 25.1 Å². The monoisotopic (exact) mass is 380 g/mol. The lowest BCUT2D eigenvalue weighted by Gasteiger charge is -2.14. The SMILES string of the molecule is CC(OC(=O)CNC(=O)c1ccccc1F)C(=O)Nc1cc(F)ccc1F. The van der Waals surface area contributed by atoms with Crippen LogP contribution in [0.3, 0.4) is 0 Å². The van der Waals surface area contributed by atoms with E-state index in [0.717, 1.165) is 24.3 Å². The summed E-state index contributed by atoms with van der Waals surface area (Å²) in [5.74, 6) is -5.07. The Bertz CT molecular complexity index is 873. The van der Waals surface area contributed by atoms with E-state index in [2.05, 4.69) is 10.6 Å². The third kappa shape index (κ3) is 5.56. The van der Waals surface area contributed by atoms with Gasteiger partial charge in [0.15, 0.2) is 6.10 Å². The molecule has 0 bridgehead atoms. The Morgan fingerprint density at radius 1 is 1.04 bits per heavy atom. The van der Waals surface area contributed by atoms with Crippen molar-refractivity contribution in [3.63, 3.8) is 0 Å². The van der Waals surface area contributed by atoms with Gasteiger partial charge in [0.1, 0.15) is 24.0 Å². The summed E-state index contributed by atoms with van der Waals surface area (Å²) in [6.45, 7) is 0.599. The molecule has 0 aliphatic heterocycles. The molecule has 2 rings (SSSR count). The lowest BCUT2D eigenvalue weighted by atomic mass is 10.2. The third-order valence-electron chi connectivity index (χ3n) is 3.38. The molecule has 0 spiro atoms. The zero-order valence-corrected chi connectivity index (χ0v) is 14.1. The summed E-state index contributed by atoms with van der Waals surface area (Å²) in [5, 5.41) is 4.24. The molecule has 0 aliphatic carbocycles. The van der Waals surface area contributed by atoms with Gasteiger partial charge in [-0.25, -0.2) is 13.2 Å². The van der Waals surface area contributed by atoms with Crippen molar-refractivity contribution in [3.8, 4) is 0 Å². The number of halogens is 3. The average molecular weight is 380 g/mol. The lowest BCUT2D eigenvalue weighted by molar-refractivity contribution is -0.152. The molecule has 0 aliphatic rings. The van der Waals surface area contributed by atoms with E-state index >= 15 is 0 Å². The van der Waals surface area contributed by atoms with Crippen LogP contribution < -0.4 is 10.6 Å². The van der Waals surface area contributed by atoms with Crippen LogP contribution in [0, 0.1) is 17.5 Å². The van der Waals surface area contributed by atoms with Crippen LogP contribution in [0.1, 0.15) is 17.3 Å². The van der Waals surface area contributed by atoms with Crippen LogP contribution in [0.15, 0.2) is 42.5 Å². The highest BCUT2D eigenvalue weighted by atomic mass is 19.1. The molecule has 6 nitrogen and oxygen atoms in total. The summed E-state index contributed by atoms with van der Waals surface area (Å²) in [5.41, 5.74) is -0.659. The van der Waals surface area contributed by atoms with Crippen molar-refractivity contribution >= 4 is 23.5 Å². The molecule has 1 atom stereocenters. The Morgan fingerprint density at radius 3 is 2.44 bits per heavy atom. The first-order chi connectivity index (χ1) is 12.8. The molecule has 0 saturated carbocycles. The van der Waals surface area contributed by atoms with E-state index in [9.17, 15) is 27.6 Å². The largest absolute Gasteiger partial charge is 0.451 e. The van der Waals surface area contributed by atoms with Gasteiger partial charge in [0, 0.05) is 6.07 Å². The number of benzene rings is 2. The van der Waals surface area contributed by atoms with Gasteiger partial charge in [-0.3, -0.25) is 14.4 Å². The number of nitrogens with one attached hydrogen (secondary N) is 2. The average Bonchev–Trinajstić information content (AvgIpc) is 2.63. The summed E-state index contributed by atoms with van der Waals surface area (Å²) < 4.78 is 44.8.